The first-order chi connectivity index (χ1) is 12.9. The SMILES string of the molecule is Cc1cc(C)cc(C(C)(Cc2ccccc2)c2ccc(CC(C)C)cc2)c1. The van der Waals surface area contributed by atoms with Gasteiger partial charge in [0.1, 0.15) is 0 Å². The van der Waals surface area contributed by atoms with Gasteiger partial charge in [-0.05, 0) is 54.9 Å². The molecule has 27 heavy (non-hydrogen) atoms. The van der Waals surface area contributed by atoms with Crippen molar-refractivity contribution in [2.45, 2.75) is 52.9 Å². The standard InChI is InChI=1S/C27H32/c1-20(2)15-23-11-13-25(14-12-23)27(5,19-24-9-7-6-8-10-24)26-17-21(3)16-22(4)18-26/h6-14,16-18,20H,15,19H2,1-5H3. The molecule has 0 radical (unpaired) electrons. The Morgan fingerprint density at radius 3 is 1.85 bits per heavy atom. The van der Waals surface area contributed by atoms with Crippen molar-refractivity contribution in [3.05, 3.63) is 106 Å². The number of benzene rings is 3. The lowest BCUT2D eigenvalue weighted by Crippen LogP contribution is -2.27. The van der Waals surface area contributed by atoms with Crippen molar-refractivity contribution >= 4 is 0 Å². The van der Waals surface area contributed by atoms with Gasteiger partial charge in [-0.15, -0.1) is 0 Å². The van der Waals surface area contributed by atoms with Crippen molar-refractivity contribution in [2.75, 3.05) is 0 Å². The van der Waals surface area contributed by atoms with E-state index in [9.17, 15) is 0 Å². The average molecular weight is 357 g/mol. The monoisotopic (exact) mass is 356 g/mol. The van der Waals surface area contributed by atoms with Gasteiger partial charge in [0, 0.05) is 5.41 Å². The smallest absolute Gasteiger partial charge is 0.0215 e. The molecule has 0 bridgehead atoms. The van der Waals surface area contributed by atoms with Gasteiger partial charge in [0.25, 0.3) is 0 Å². The van der Waals surface area contributed by atoms with Crippen LogP contribution >= 0.6 is 0 Å². The van der Waals surface area contributed by atoms with E-state index in [0.717, 1.165) is 12.8 Å². The zero-order chi connectivity index (χ0) is 19.4. The molecule has 1 unspecified atom stereocenters. The maximum atomic E-state index is 2.39. The van der Waals surface area contributed by atoms with Crippen LogP contribution in [-0.2, 0) is 18.3 Å². The lowest BCUT2D eigenvalue weighted by molar-refractivity contribution is 0.565. The van der Waals surface area contributed by atoms with Crippen molar-refractivity contribution in [1.29, 1.82) is 0 Å². The van der Waals surface area contributed by atoms with Gasteiger partial charge in [-0.25, -0.2) is 0 Å². The molecular formula is C27H32. The predicted octanol–water partition coefficient (Wildman–Crippen LogP) is 7.05. The highest BCUT2D eigenvalue weighted by atomic mass is 14.3. The van der Waals surface area contributed by atoms with Crippen LogP contribution in [0.5, 0.6) is 0 Å². The molecule has 0 fully saturated rings. The predicted molar refractivity (Wildman–Crippen MR) is 118 cm³/mol. The third-order valence-electron chi connectivity index (χ3n) is 5.49. The highest BCUT2D eigenvalue weighted by molar-refractivity contribution is 5.44. The minimum Gasteiger partial charge on any atom is -0.0625 e. The lowest BCUT2D eigenvalue weighted by atomic mass is 9.71. The van der Waals surface area contributed by atoms with Crippen LogP contribution < -0.4 is 0 Å². The lowest BCUT2D eigenvalue weighted by Gasteiger charge is -2.32. The van der Waals surface area contributed by atoms with Gasteiger partial charge in [-0.3, -0.25) is 0 Å². The summed E-state index contributed by atoms with van der Waals surface area (Å²) in [6, 6.07) is 27.2. The number of aryl methyl sites for hydroxylation is 2. The molecule has 3 rings (SSSR count). The highest BCUT2D eigenvalue weighted by Gasteiger charge is 2.29. The van der Waals surface area contributed by atoms with Crippen LogP contribution in [0.3, 0.4) is 0 Å². The normalized spacial score (nSPS) is 13.6. The Bertz CT molecular complexity index is 851. The number of hydrogen-bond acceptors (Lipinski definition) is 0. The van der Waals surface area contributed by atoms with E-state index in [4.69, 9.17) is 0 Å². The van der Waals surface area contributed by atoms with E-state index in [2.05, 4.69) is 107 Å². The van der Waals surface area contributed by atoms with Crippen molar-refractivity contribution < 1.29 is 0 Å². The second kappa shape index (κ2) is 8.13. The molecule has 0 aliphatic carbocycles. The highest BCUT2D eigenvalue weighted by Crippen LogP contribution is 2.36. The summed E-state index contributed by atoms with van der Waals surface area (Å²) in [7, 11) is 0. The van der Waals surface area contributed by atoms with E-state index in [1.165, 1.54) is 33.4 Å². The van der Waals surface area contributed by atoms with Crippen LogP contribution in [0.1, 0.15) is 54.2 Å². The summed E-state index contributed by atoms with van der Waals surface area (Å²) in [6.07, 6.45) is 2.14. The first-order valence-electron chi connectivity index (χ1n) is 10.1. The van der Waals surface area contributed by atoms with Crippen LogP contribution in [-0.4, -0.2) is 0 Å². The Labute approximate surface area is 165 Å². The first kappa shape index (κ1) is 19.4. The fraction of sp³-hybridized carbons (Fsp3) is 0.333. The fourth-order valence-corrected chi connectivity index (χ4v) is 4.15. The molecule has 0 amide bonds. The van der Waals surface area contributed by atoms with E-state index in [1.807, 2.05) is 0 Å². The summed E-state index contributed by atoms with van der Waals surface area (Å²) in [4.78, 5) is 0. The Hall–Kier alpha value is -2.34. The van der Waals surface area contributed by atoms with Crippen LogP contribution in [0.2, 0.25) is 0 Å². The number of hydrogen-bond donors (Lipinski definition) is 0. The van der Waals surface area contributed by atoms with Crippen LogP contribution in [0, 0.1) is 19.8 Å². The first-order valence-corrected chi connectivity index (χ1v) is 10.1. The molecule has 0 saturated carbocycles. The summed E-state index contributed by atoms with van der Waals surface area (Å²) < 4.78 is 0. The second-order valence-corrected chi connectivity index (χ2v) is 8.67. The molecule has 0 aliphatic heterocycles. The molecule has 0 aromatic heterocycles. The van der Waals surface area contributed by atoms with Crippen LogP contribution in [0.15, 0.2) is 72.8 Å². The quantitative estimate of drug-likeness (QED) is 0.444. The van der Waals surface area contributed by atoms with Crippen LogP contribution in [0.4, 0.5) is 0 Å². The van der Waals surface area contributed by atoms with Gasteiger partial charge in [0.05, 0.1) is 0 Å². The Morgan fingerprint density at radius 2 is 1.30 bits per heavy atom. The minimum absolute atomic E-state index is 0.0471. The van der Waals surface area contributed by atoms with Gasteiger partial charge in [0.15, 0.2) is 0 Å². The molecule has 0 saturated heterocycles. The summed E-state index contributed by atoms with van der Waals surface area (Å²) in [6.45, 7) is 11.4. The van der Waals surface area contributed by atoms with Gasteiger partial charge in [0.2, 0.25) is 0 Å². The molecule has 0 nitrogen and oxygen atoms in total. The summed E-state index contributed by atoms with van der Waals surface area (Å²) >= 11 is 0. The zero-order valence-electron chi connectivity index (χ0n) is 17.4. The summed E-state index contributed by atoms with van der Waals surface area (Å²) in [5, 5.41) is 0. The van der Waals surface area contributed by atoms with E-state index < -0.39 is 0 Å². The van der Waals surface area contributed by atoms with Gasteiger partial charge >= 0.3 is 0 Å². The second-order valence-electron chi connectivity index (χ2n) is 8.67. The summed E-state index contributed by atoms with van der Waals surface area (Å²) in [5.41, 5.74) is 8.22. The maximum absolute atomic E-state index is 2.39. The molecular weight excluding hydrogens is 324 g/mol. The third kappa shape index (κ3) is 4.69. The fourth-order valence-electron chi connectivity index (χ4n) is 4.15. The molecule has 0 aliphatic rings. The Morgan fingerprint density at radius 1 is 0.704 bits per heavy atom. The zero-order valence-corrected chi connectivity index (χ0v) is 17.4. The third-order valence-corrected chi connectivity index (χ3v) is 5.49. The van der Waals surface area contributed by atoms with Crippen molar-refractivity contribution in [3.8, 4) is 0 Å². The molecule has 0 N–H and O–H groups in total. The van der Waals surface area contributed by atoms with E-state index in [0.29, 0.717) is 5.92 Å². The summed E-state index contributed by atoms with van der Waals surface area (Å²) in [5.74, 6) is 0.686. The van der Waals surface area contributed by atoms with Crippen molar-refractivity contribution in [1.82, 2.24) is 0 Å². The van der Waals surface area contributed by atoms with Crippen molar-refractivity contribution in [3.63, 3.8) is 0 Å². The van der Waals surface area contributed by atoms with E-state index >= 15 is 0 Å². The number of rotatable bonds is 6. The maximum Gasteiger partial charge on any atom is 0.0215 e. The van der Waals surface area contributed by atoms with Gasteiger partial charge in [-0.1, -0.05) is 105 Å². The van der Waals surface area contributed by atoms with Gasteiger partial charge < -0.3 is 0 Å². The Kier molecular flexibility index (Phi) is 5.85. The largest absolute Gasteiger partial charge is 0.0625 e. The molecule has 140 valence electrons. The minimum atomic E-state index is -0.0471. The Balaban J connectivity index is 2.06. The molecule has 1 atom stereocenters. The molecule has 3 aromatic rings. The van der Waals surface area contributed by atoms with E-state index in [-0.39, 0.29) is 5.41 Å². The average Bonchev–Trinajstić information content (AvgIpc) is 2.61. The molecule has 0 heterocycles. The van der Waals surface area contributed by atoms with Gasteiger partial charge in [-0.2, -0.15) is 0 Å². The molecule has 0 heteroatoms. The topological polar surface area (TPSA) is 0 Å². The molecule has 0 spiro atoms. The molecule has 3 aromatic carbocycles. The van der Waals surface area contributed by atoms with Crippen LogP contribution in [0.25, 0.3) is 0 Å². The van der Waals surface area contributed by atoms with E-state index in [1.54, 1.807) is 0 Å². The van der Waals surface area contributed by atoms with Crippen molar-refractivity contribution in [2.24, 2.45) is 5.92 Å².